The molecular formula is C10H13F3N2O2. The van der Waals surface area contributed by atoms with Crippen molar-refractivity contribution in [3.63, 3.8) is 0 Å². The van der Waals surface area contributed by atoms with Gasteiger partial charge in [0.25, 0.3) is 0 Å². The second-order valence-electron chi connectivity index (χ2n) is 3.79. The van der Waals surface area contributed by atoms with Crippen molar-refractivity contribution < 1.29 is 23.1 Å². The van der Waals surface area contributed by atoms with Crippen LogP contribution in [0.4, 0.5) is 13.2 Å². The molecule has 0 spiro atoms. The zero-order chi connectivity index (χ0) is 13.2. The summed E-state index contributed by atoms with van der Waals surface area (Å²) in [5.41, 5.74) is 0.774. The van der Waals surface area contributed by atoms with Crippen LogP contribution >= 0.6 is 0 Å². The number of carbonyl (C=O) groups is 1. The molecule has 0 aliphatic heterocycles. The minimum Gasteiger partial charge on any atom is -0.478 e. The molecule has 1 rings (SSSR count). The smallest absolute Gasteiger partial charge is 0.389 e. The zero-order valence-electron chi connectivity index (χ0n) is 9.51. The predicted molar refractivity (Wildman–Crippen MR) is 53.9 cm³/mol. The van der Waals surface area contributed by atoms with Crippen molar-refractivity contribution in [3.05, 3.63) is 17.0 Å². The van der Waals surface area contributed by atoms with E-state index in [4.69, 9.17) is 5.11 Å². The van der Waals surface area contributed by atoms with Crippen molar-refractivity contribution in [2.45, 2.75) is 39.4 Å². The highest BCUT2D eigenvalue weighted by molar-refractivity contribution is 5.90. The van der Waals surface area contributed by atoms with E-state index in [2.05, 4.69) is 5.10 Å². The molecule has 17 heavy (non-hydrogen) atoms. The lowest BCUT2D eigenvalue weighted by molar-refractivity contribution is -0.136. The van der Waals surface area contributed by atoms with Gasteiger partial charge in [0, 0.05) is 13.0 Å². The lowest BCUT2D eigenvalue weighted by Crippen LogP contribution is -2.11. The third-order valence-electron chi connectivity index (χ3n) is 2.43. The number of aromatic carboxylic acids is 1. The van der Waals surface area contributed by atoms with Crippen molar-refractivity contribution in [3.8, 4) is 0 Å². The fourth-order valence-corrected chi connectivity index (χ4v) is 1.65. The molecule has 1 aromatic rings. The molecule has 0 bridgehead atoms. The maximum Gasteiger partial charge on any atom is 0.389 e. The van der Waals surface area contributed by atoms with Crippen LogP contribution in [0, 0.1) is 13.8 Å². The molecule has 0 unspecified atom stereocenters. The predicted octanol–water partition coefficient (Wildman–Crippen LogP) is 2.54. The SMILES string of the molecule is Cc1nn(CCCC(F)(F)F)c(C)c1C(=O)O. The standard InChI is InChI=1S/C10H13F3N2O2/c1-6-8(9(16)17)7(2)15(14-6)5-3-4-10(11,12)13/h3-5H2,1-2H3,(H,16,17). The number of nitrogens with zero attached hydrogens (tertiary/aromatic N) is 2. The molecule has 0 saturated carbocycles. The Labute approximate surface area is 96.0 Å². The summed E-state index contributed by atoms with van der Waals surface area (Å²) in [4.78, 5) is 10.9. The molecule has 1 N–H and O–H groups in total. The highest BCUT2D eigenvalue weighted by Gasteiger charge is 2.26. The Morgan fingerprint density at radius 2 is 2.00 bits per heavy atom. The molecule has 0 radical (unpaired) electrons. The largest absolute Gasteiger partial charge is 0.478 e. The summed E-state index contributed by atoms with van der Waals surface area (Å²) in [5.74, 6) is -1.11. The van der Waals surface area contributed by atoms with Crippen LogP contribution in [0.3, 0.4) is 0 Å². The van der Waals surface area contributed by atoms with Crippen LogP contribution in [-0.2, 0) is 6.54 Å². The second-order valence-corrected chi connectivity index (χ2v) is 3.79. The highest BCUT2D eigenvalue weighted by atomic mass is 19.4. The first-order valence-electron chi connectivity index (χ1n) is 5.06. The van der Waals surface area contributed by atoms with Gasteiger partial charge in [-0.3, -0.25) is 4.68 Å². The maximum atomic E-state index is 11.9. The number of carboxylic acid groups (broad SMARTS) is 1. The van der Waals surface area contributed by atoms with Crippen LogP contribution in [0.1, 0.15) is 34.6 Å². The quantitative estimate of drug-likeness (QED) is 0.893. The minimum absolute atomic E-state index is 0.0667. The summed E-state index contributed by atoms with van der Waals surface area (Å²) in [6, 6.07) is 0. The van der Waals surface area contributed by atoms with Crippen LogP contribution in [0.25, 0.3) is 0 Å². The Hall–Kier alpha value is -1.53. The van der Waals surface area contributed by atoms with Gasteiger partial charge in [-0.25, -0.2) is 4.79 Å². The number of aromatic nitrogens is 2. The first kappa shape index (κ1) is 13.5. The van der Waals surface area contributed by atoms with Crippen molar-refractivity contribution in [1.82, 2.24) is 9.78 Å². The third kappa shape index (κ3) is 3.47. The van der Waals surface area contributed by atoms with Crippen LogP contribution in [0.5, 0.6) is 0 Å². The van der Waals surface area contributed by atoms with Crippen molar-refractivity contribution in [2.24, 2.45) is 0 Å². The van der Waals surface area contributed by atoms with E-state index in [9.17, 15) is 18.0 Å². The van der Waals surface area contributed by atoms with Gasteiger partial charge in [-0.2, -0.15) is 18.3 Å². The summed E-state index contributed by atoms with van der Waals surface area (Å²) < 4.78 is 37.2. The number of halogens is 3. The summed E-state index contributed by atoms with van der Waals surface area (Å²) in [6.45, 7) is 3.13. The second kappa shape index (κ2) is 4.77. The molecule has 0 fully saturated rings. The van der Waals surface area contributed by atoms with Gasteiger partial charge in [0.15, 0.2) is 0 Å². The summed E-state index contributed by atoms with van der Waals surface area (Å²) in [7, 11) is 0. The molecule has 0 aromatic carbocycles. The van der Waals surface area contributed by atoms with Crippen LogP contribution in [-0.4, -0.2) is 27.0 Å². The van der Waals surface area contributed by atoms with E-state index in [0.717, 1.165) is 0 Å². The summed E-state index contributed by atoms with van der Waals surface area (Å²) in [6.07, 6.45) is -5.19. The van der Waals surface area contributed by atoms with Crippen LogP contribution in [0.15, 0.2) is 0 Å². The van der Waals surface area contributed by atoms with Gasteiger partial charge in [0.1, 0.15) is 5.56 Å². The normalized spacial score (nSPS) is 11.8. The zero-order valence-corrected chi connectivity index (χ0v) is 9.51. The topological polar surface area (TPSA) is 55.1 Å². The Balaban J connectivity index is 2.74. The van der Waals surface area contributed by atoms with E-state index >= 15 is 0 Å². The monoisotopic (exact) mass is 250 g/mol. The molecule has 0 saturated heterocycles. The molecule has 0 atom stereocenters. The maximum absolute atomic E-state index is 11.9. The summed E-state index contributed by atoms with van der Waals surface area (Å²) >= 11 is 0. The first-order chi connectivity index (χ1) is 7.72. The van der Waals surface area contributed by atoms with Gasteiger partial charge in [-0.1, -0.05) is 0 Å². The average Bonchev–Trinajstić information content (AvgIpc) is 2.39. The molecule has 1 heterocycles. The van der Waals surface area contributed by atoms with Gasteiger partial charge in [-0.15, -0.1) is 0 Å². The first-order valence-corrected chi connectivity index (χ1v) is 5.06. The van der Waals surface area contributed by atoms with E-state index in [0.29, 0.717) is 11.4 Å². The number of alkyl halides is 3. The van der Waals surface area contributed by atoms with E-state index in [1.54, 1.807) is 0 Å². The fraction of sp³-hybridized carbons (Fsp3) is 0.600. The Morgan fingerprint density at radius 3 is 2.41 bits per heavy atom. The Bertz CT molecular complexity index is 424. The molecular weight excluding hydrogens is 237 g/mol. The molecule has 1 aromatic heterocycles. The molecule has 0 aliphatic carbocycles. The van der Waals surface area contributed by atoms with E-state index in [1.807, 2.05) is 0 Å². The molecule has 0 amide bonds. The van der Waals surface area contributed by atoms with E-state index in [-0.39, 0.29) is 18.5 Å². The van der Waals surface area contributed by atoms with Gasteiger partial charge in [0.05, 0.1) is 11.4 Å². The number of hydrogen-bond acceptors (Lipinski definition) is 2. The van der Waals surface area contributed by atoms with E-state index < -0.39 is 18.6 Å². The minimum atomic E-state index is -4.19. The molecule has 96 valence electrons. The highest BCUT2D eigenvalue weighted by Crippen LogP contribution is 2.22. The number of hydrogen-bond donors (Lipinski definition) is 1. The fourth-order valence-electron chi connectivity index (χ4n) is 1.65. The number of aryl methyl sites for hydroxylation is 2. The van der Waals surface area contributed by atoms with Crippen molar-refractivity contribution in [1.29, 1.82) is 0 Å². The van der Waals surface area contributed by atoms with E-state index in [1.165, 1.54) is 18.5 Å². The van der Waals surface area contributed by atoms with Crippen LogP contribution in [0.2, 0.25) is 0 Å². The Kier molecular flexibility index (Phi) is 3.79. The lowest BCUT2D eigenvalue weighted by atomic mass is 10.2. The van der Waals surface area contributed by atoms with Gasteiger partial charge in [0.2, 0.25) is 0 Å². The third-order valence-corrected chi connectivity index (χ3v) is 2.43. The molecule has 0 aliphatic rings. The van der Waals surface area contributed by atoms with Gasteiger partial charge >= 0.3 is 12.1 Å². The number of rotatable bonds is 4. The summed E-state index contributed by atoms with van der Waals surface area (Å²) in [5, 5.41) is 12.8. The lowest BCUT2D eigenvalue weighted by Gasteiger charge is -2.07. The Morgan fingerprint density at radius 1 is 1.41 bits per heavy atom. The molecule has 7 heteroatoms. The van der Waals surface area contributed by atoms with Gasteiger partial charge in [-0.05, 0) is 20.3 Å². The molecule has 4 nitrogen and oxygen atoms in total. The number of carboxylic acids is 1. The van der Waals surface area contributed by atoms with Crippen LogP contribution < -0.4 is 0 Å². The van der Waals surface area contributed by atoms with Gasteiger partial charge < -0.3 is 5.11 Å². The average molecular weight is 250 g/mol. The van der Waals surface area contributed by atoms with Crippen molar-refractivity contribution in [2.75, 3.05) is 0 Å². The van der Waals surface area contributed by atoms with Crippen molar-refractivity contribution >= 4 is 5.97 Å².